The zero-order valence-corrected chi connectivity index (χ0v) is 10.3. The fourth-order valence-electron chi connectivity index (χ4n) is 1.52. The number of esters is 1. The molecule has 0 amide bonds. The summed E-state index contributed by atoms with van der Waals surface area (Å²) in [6, 6.07) is 9.09. The van der Waals surface area contributed by atoms with Gasteiger partial charge in [0, 0.05) is 0 Å². The number of carbonyl (C=O) groups excluding carboxylic acids is 1. The van der Waals surface area contributed by atoms with E-state index in [1.54, 1.807) is 24.3 Å². The maximum Gasteiger partial charge on any atom is 0.308 e. The van der Waals surface area contributed by atoms with Crippen LogP contribution in [0.4, 0.5) is 0 Å². The Morgan fingerprint density at radius 2 is 2.06 bits per heavy atom. The number of nitriles is 1. The smallest absolute Gasteiger partial charge is 0.308 e. The largest absolute Gasteiger partial charge is 0.461 e. The molecule has 0 fully saturated rings. The van der Waals surface area contributed by atoms with E-state index in [4.69, 9.17) is 10.00 Å². The highest BCUT2D eigenvalue weighted by atomic mass is 16.5. The summed E-state index contributed by atoms with van der Waals surface area (Å²) in [5.74, 6) is -0.199. The fraction of sp³-hybridized carbons (Fsp3) is 0.429. The van der Waals surface area contributed by atoms with Crippen molar-refractivity contribution in [2.24, 2.45) is 5.92 Å². The first-order valence-electron chi connectivity index (χ1n) is 5.83. The molecule has 0 aliphatic rings. The Morgan fingerprint density at radius 1 is 1.41 bits per heavy atom. The van der Waals surface area contributed by atoms with Crippen molar-refractivity contribution in [3.05, 3.63) is 35.4 Å². The van der Waals surface area contributed by atoms with Gasteiger partial charge in [-0.2, -0.15) is 5.26 Å². The summed E-state index contributed by atoms with van der Waals surface area (Å²) in [4.78, 5) is 11.6. The van der Waals surface area contributed by atoms with E-state index in [0.717, 1.165) is 18.4 Å². The minimum absolute atomic E-state index is 0.0432. The summed E-state index contributed by atoms with van der Waals surface area (Å²) in [5, 5.41) is 8.64. The van der Waals surface area contributed by atoms with Crippen LogP contribution in [0.2, 0.25) is 0 Å². The number of rotatable bonds is 5. The van der Waals surface area contributed by atoms with Crippen molar-refractivity contribution in [2.75, 3.05) is 0 Å². The van der Waals surface area contributed by atoms with Crippen LogP contribution in [0.15, 0.2) is 24.3 Å². The van der Waals surface area contributed by atoms with Crippen LogP contribution in [0.5, 0.6) is 0 Å². The molecule has 1 aromatic rings. The van der Waals surface area contributed by atoms with Crippen LogP contribution in [0, 0.1) is 17.2 Å². The number of hydrogen-bond donors (Lipinski definition) is 0. The predicted octanol–water partition coefficient (Wildman–Crippen LogP) is 3.04. The van der Waals surface area contributed by atoms with Crippen LogP contribution in [-0.2, 0) is 16.1 Å². The Labute approximate surface area is 102 Å². The molecule has 1 atom stereocenters. The molecule has 0 radical (unpaired) electrons. The molecule has 0 aliphatic heterocycles. The molecule has 0 bridgehead atoms. The van der Waals surface area contributed by atoms with Gasteiger partial charge < -0.3 is 4.74 Å². The van der Waals surface area contributed by atoms with E-state index in [1.165, 1.54) is 0 Å². The van der Waals surface area contributed by atoms with Gasteiger partial charge in [-0.05, 0) is 24.1 Å². The molecule has 0 N–H and O–H groups in total. The van der Waals surface area contributed by atoms with E-state index >= 15 is 0 Å². The number of hydrogen-bond acceptors (Lipinski definition) is 3. The highest BCUT2D eigenvalue weighted by Gasteiger charge is 2.12. The van der Waals surface area contributed by atoms with Gasteiger partial charge >= 0.3 is 5.97 Å². The van der Waals surface area contributed by atoms with Gasteiger partial charge in [0.25, 0.3) is 0 Å². The van der Waals surface area contributed by atoms with Gasteiger partial charge in [-0.1, -0.05) is 32.4 Å². The highest BCUT2D eigenvalue weighted by Crippen LogP contribution is 2.10. The van der Waals surface area contributed by atoms with E-state index in [2.05, 4.69) is 0 Å². The predicted molar refractivity (Wildman–Crippen MR) is 65.0 cm³/mol. The molecule has 0 heterocycles. The average Bonchev–Trinajstić information content (AvgIpc) is 2.36. The molecule has 1 unspecified atom stereocenters. The molecule has 0 aliphatic carbocycles. The van der Waals surface area contributed by atoms with Gasteiger partial charge in [0.05, 0.1) is 17.6 Å². The third kappa shape index (κ3) is 4.28. The van der Waals surface area contributed by atoms with Crippen LogP contribution in [-0.4, -0.2) is 5.97 Å². The van der Waals surface area contributed by atoms with E-state index in [9.17, 15) is 4.79 Å². The van der Waals surface area contributed by atoms with Gasteiger partial charge in [0.15, 0.2) is 0 Å². The molecule has 0 aromatic heterocycles. The minimum Gasteiger partial charge on any atom is -0.461 e. The van der Waals surface area contributed by atoms with Crippen molar-refractivity contribution >= 4 is 5.97 Å². The van der Waals surface area contributed by atoms with Gasteiger partial charge in [-0.25, -0.2) is 0 Å². The maximum atomic E-state index is 11.6. The lowest BCUT2D eigenvalue weighted by atomic mass is 10.1. The van der Waals surface area contributed by atoms with Crippen molar-refractivity contribution in [2.45, 2.75) is 33.3 Å². The van der Waals surface area contributed by atoms with E-state index in [1.807, 2.05) is 19.9 Å². The average molecular weight is 231 g/mol. The Morgan fingerprint density at radius 3 is 2.59 bits per heavy atom. The third-order valence-electron chi connectivity index (χ3n) is 2.59. The Bertz CT molecular complexity index is 403. The second kappa shape index (κ2) is 6.70. The number of carbonyl (C=O) groups is 1. The van der Waals surface area contributed by atoms with Crippen LogP contribution >= 0.6 is 0 Å². The topological polar surface area (TPSA) is 50.1 Å². The number of ether oxygens (including phenoxy) is 1. The first kappa shape index (κ1) is 13.2. The van der Waals surface area contributed by atoms with Crippen LogP contribution in [0.1, 0.15) is 37.8 Å². The van der Waals surface area contributed by atoms with Crippen molar-refractivity contribution < 1.29 is 9.53 Å². The second-order valence-corrected chi connectivity index (χ2v) is 4.11. The SMILES string of the molecule is CCCC(C)C(=O)OCc1ccc(C#N)cc1. The fourth-order valence-corrected chi connectivity index (χ4v) is 1.52. The van der Waals surface area contributed by atoms with Gasteiger partial charge in [-0.15, -0.1) is 0 Å². The monoisotopic (exact) mass is 231 g/mol. The highest BCUT2D eigenvalue weighted by molar-refractivity contribution is 5.71. The van der Waals surface area contributed by atoms with Gasteiger partial charge in [-0.3, -0.25) is 4.79 Å². The standard InChI is InChI=1S/C14H17NO2/c1-3-4-11(2)14(16)17-10-13-7-5-12(9-15)6-8-13/h5-8,11H,3-4,10H2,1-2H3. The van der Waals surface area contributed by atoms with E-state index in [0.29, 0.717) is 5.56 Å². The second-order valence-electron chi connectivity index (χ2n) is 4.11. The first-order valence-corrected chi connectivity index (χ1v) is 5.83. The molecule has 0 spiro atoms. The molecular formula is C14H17NO2. The molecule has 1 rings (SSSR count). The molecule has 3 nitrogen and oxygen atoms in total. The summed E-state index contributed by atoms with van der Waals surface area (Å²) in [6.45, 7) is 4.20. The number of benzene rings is 1. The zero-order valence-electron chi connectivity index (χ0n) is 10.3. The Hall–Kier alpha value is -1.82. The first-order chi connectivity index (χ1) is 8.17. The molecule has 1 aromatic carbocycles. The van der Waals surface area contributed by atoms with Crippen molar-refractivity contribution in [3.8, 4) is 6.07 Å². The Kier molecular flexibility index (Phi) is 5.22. The summed E-state index contributed by atoms with van der Waals surface area (Å²) in [7, 11) is 0. The molecule has 3 heteroatoms. The maximum absolute atomic E-state index is 11.6. The molecular weight excluding hydrogens is 214 g/mol. The van der Waals surface area contributed by atoms with E-state index < -0.39 is 0 Å². The third-order valence-corrected chi connectivity index (χ3v) is 2.59. The van der Waals surface area contributed by atoms with Crippen LogP contribution in [0.3, 0.4) is 0 Å². The lowest BCUT2D eigenvalue weighted by Crippen LogP contribution is -2.14. The molecule has 90 valence electrons. The van der Waals surface area contributed by atoms with Gasteiger partial charge in [0.2, 0.25) is 0 Å². The zero-order chi connectivity index (χ0) is 12.7. The minimum atomic E-state index is -0.156. The summed E-state index contributed by atoms with van der Waals surface area (Å²) in [5.41, 5.74) is 1.51. The quantitative estimate of drug-likeness (QED) is 0.732. The van der Waals surface area contributed by atoms with Crippen molar-refractivity contribution in [3.63, 3.8) is 0 Å². The molecule has 0 saturated heterocycles. The molecule has 0 saturated carbocycles. The summed E-state index contributed by atoms with van der Waals surface area (Å²) < 4.78 is 5.19. The summed E-state index contributed by atoms with van der Waals surface area (Å²) >= 11 is 0. The van der Waals surface area contributed by atoms with E-state index in [-0.39, 0.29) is 18.5 Å². The molecule has 17 heavy (non-hydrogen) atoms. The lowest BCUT2D eigenvalue weighted by Gasteiger charge is -2.10. The van der Waals surface area contributed by atoms with Crippen molar-refractivity contribution in [1.82, 2.24) is 0 Å². The lowest BCUT2D eigenvalue weighted by molar-refractivity contribution is -0.149. The Balaban J connectivity index is 2.45. The van der Waals surface area contributed by atoms with Crippen molar-refractivity contribution in [1.29, 1.82) is 5.26 Å². The van der Waals surface area contributed by atoms with Crippen LogP contribution in [0.25, 0.3) is 0 Å². The summed E-state index contributed by atoms with van der Waals surface area (Å²) in [6.07, 6.45) is 1.83. The van der Waals surface area contributed by atoms with Crippen LogP contribution < -0.4 is 0 Å². The van der Waals surface area contributed by atoms with Gasteiger partial charge in [0.1, 0.15) is 6.61 Å². The normalized spacial score (nSPS) is 11.6. The number of nitrogens with zero attached hydrogens (tertiary/aromatic N) is 1.